The molecule has 0 saturated carbocycles. The number of hydrogen-bond acceptors (Lipinski definition) is 4. The van der Waals surface area contributed by atoms with Crippen LogP contribution in [-0.2, 0) is 9.31 Å². The molecule has 0 N–H and O–H groups in total. The van der Waals surface area contributed by atoms with Crippen LogP contribution in [0.1, 0.15) is 34.6 Å². The summed E-state index contributed by atoms with van der Waals surface area (Å²) >= 11 is 0. The molecule has 21 heavy (non-hydrogen) atoms. The molecule has 0 aromatic heterocycles. The van der Waals surface area contributed by atoms with E-state index in [0.717, 1.165) is 6.92 Å². The summed E-state index contributed by atoms with van der Waals surface area (Å²) in [4.78, 5) is 0. The molecule has 0 aliphatic carbocycles. The van der Waals surface area contributed by atoms with Crippen molar-refractivity contribution in [2.45, 2.75) is 51.9 Å². The SMILES string of the molecule is CC1(F)Oc2cc(B3OC(C)(C)C(C)(C)O3)cc(F)c2O1. The first-order chi connectivity index (χ1) is 9.51. The third kappa shape index (κ3) is 2.28. The van der Waals surface area contributed by atoms with Gasteiger partial charge in [-0.3, -0.25) is 0 Å². The monoisotopic (exact) mass is 298 g/mol. The minimum atomic E-state index is -2.36. The maximum atomic E-state index is 14.1. The second-order valence-corrected chi connectivity index (χ2v) is 6.46. The molecule has 1 fully saturated rings. The van der Waals surface area contributed by atoms with Crippen LogP contribution in [0, 0.1) is 5.82 Å². The van der Waals surface area contributed by atoms with Crippen molar-refractivity contribution in [3.8, 4) is 11.5 Å². The van der Waals surface area contributed by atoms with E-state index in [-0.39, 0.29) is 11.5 Å². The summed E-state index contributed by atoms with van der Waals surface area (Å²) in [5.41, 5.74) is -0.663. The highest BCUT2D eigenvalue weighted by atomic mass is 19.2. The maximum absolute atomic E-state index is 14.1. The zero-order chi connectivity index (χ0) is 15.6. The third-order valence-corrected chi connectivity index (χ3v) is 4.13. The predicted octanol–water partition coefficient (Wildman–Crippen LogP) is 2.54. The number of hydrogen-bond donors (Lipinski definition) is 0. The molecule has 0 spiro atoms. The molecule has 2 aliphatic heterocycles. The lowest BCUT2D eigenvalue weighted by molar-refractivity contribution is -0.174. The van der Waals surface area contributed by atoms with E-state index in [9.17, 15) is 8.78 Å². The Kier molecular flexibility index (Phi) is 2.85. The topological polar surface area (TPSA) is 36.9 Å². The zero-order valence-electron chi connectivity index (χ0n) is 12.6. The van der Waals surface area contributed by atoms with Crippen LogP contribution in [0.4, 0.5) is 8.78 Å². The van der Waals surface area contributed by atoms with Gasteiger partial charge in [-0.25, -0.2) is 4.39 Å². The maximum Gasteiger partial charge on any atom is 0.495 e. The summed E-state index contributed by atoms with van der Waals surface area (Å²) in [5.74, 6) is -0.941. The Morgan fingerprint density at radius 1 is 0.952 bits per heavy atom. The van der Waals surface area contributed by atoms with Gasteiger partial charge in [0.05, 0.1) is 11.2 Å². The van der Waals surface area contributed by atoms with Gasteiger partial charge < -0.3 is 18.8 Å². The standard InChI is InChI=1S/C14H17BF2O4/c1-12(2)13(3,4)21-15(20-12)8-6-9(16)11-10(7-8)18-14(5,17)19-11/h6-7H,1-5H3. The van der Waals surface area contributed by atoms with Crippen LogP contribution < -0.4 is 14.9 Å². The lowest BCUT2D eigenvalue weighted by atomic mass is 9.79. The first-order valence-corrected chi connectivity index (χ1v) is 6.77. The highest BCUT2D eigenvalue weighted by Gasteiger charge is 2.52. The minimum Gasteiger partial charge on any atom is -0.423 e. The lowest BCUT2D eigenvalue weighted by Crippen LogP contribution is -2.41. The zero-order valence-corrected chi connectivity index (χ0v) is 12.6. The molecular weight excluding hydrogens is 281 g/mol. The van der Waals surface area contributed by atoms with Gasteiger partial charge in [0.25, 0.3) is 0 Å². The molecule has 2 aliphatic rings. The van der Waals surface area contributed by atoms with Crippen molar-refractivity contribution in [1.29, 1.82) is 0 Å². The summed E-state index contributed by atoms with van der Waals surface area (Å²) in [7, 11) is -0.745. The van der Waals surface area contributed by atoms with Crippen LogP contribution in [0.3, 0.4) is 0 Å². The van der Waals surface area contributed by atoms with E-state index in [0.29, 0.717) is 5.46 Å². The molecule has 4 nitrogen and oxygen atoms in total. The molecule has 1 unspecified atom stereocenters. The Hall–Kier alpha value is -1.34. The number of rotatable bonds is 1. The summed E-state index contributed by atoms with van der Waals surface area (Å²) in [6.07, 6.45) is 0. The fourth-order valence-corrected chi connectivity index (χ4v) is 2.28. The Balaban J connectivity index is 1.95. The quantitative estimate of drug-likeness (QED) is 0.747. The summed E-state index contributed by atoms with van der Waals surface area (Å²) < 4.78 is 49.1. The molecule has 3 rings (SSSR count). The molecular formula is C14H17BF2O4. The molecule has 114 valence electrons. The molecule has 0 bridgehead atoms. The van der Waals surface area contributed by atoms with Crippen molar-refractivity contribution in [3.05, 3.63) is 17.9 Å². The third-order valence-electron chi connectivity index (χ3n) is 4.13. The average Bonchev–Trinajstić information content (AvgIpc) is 2.72. The molecule has 2 heterocycles. The number of fused-ring (bicyclic) bond motifs is 1. The fraction of sp³-hybridized carbons (Fsp3) is 0.571. The highest BCUT2D eigenvalue weighted by Crippen LogP contribution is 2.42. The number of halogens is 2. The van der Waals surface area contributed by atoms with Gasteiger partial charge in [0.2, 0.25) is 5.75 Å². The molecule has 1 atom stereocenters. The average molecular weight is 298 g/mol. The van der Waals surface area contributed by atoms with Gasteiger partial charge in [0.15, 0.2) is 11.6 Å². The van der Waals surface area contributed by atoms with Crippen LogP contribution in [0.5, 0.6) is 11.5 Å². The first kappa shape index (κ1) is 14.6. The van der Waals surface area contributed by atoms with Crippen LogP contribution in [0.2, 0.25) is 0 Å². The molecule has 1 saturated heterocycles. The summed E-state index contributed by atoms with van der Waals surface area (Å²) in [6.45, 7) is 8.66. The summed E-state index contributed by atoms with van der Waals surface area (Å²) in [6, 6.07) is 0.328. The van der Waals surface area contributed by atoms with Crippen LogP contribution in [0.25, 0.3) is 0 Å². The van der Waals surface area contributed by atoms with Crippen molar-refractivity contribution >= 4 is 12.6 Å². The van der Waals surface area contributed by atoms with Crippen molar-refractivity contribution in [1.82, 2.24) is 0 Å². The Labute approximate surface area is 122 Å². The largest absolute Gasteiger partial charge is 0.495 e. The van der Waals surface area contributed by atoms with E-state index in [4.69, 9.17) is 18.8 Å². The molecule has 1 aromatic carbocycles. The molecule has 0 radical (unpaired) electrons. The fourth-order valence-electron chi connectivity index (χ4n) is 2.28. The number of ether oxygens (including phenoxy) is 2. The molecule has 7 heteroatoms. The van der Waals surface area contributed by atoms with Crippen molar-refractivity contribution in [3.63, 3.8) is 0 Å². The predicted molar refractivity (Wildman–Crippen MR) is 72.9 cm³/mol. The van der Waals surface area contributed by atoms with E-state index in [1.807, 2.05) is 27.7 Å². The second kappa shape index (κ2) is 4.11. The summed E-state index contributed by atoms with van der Waals surface area (Å²) in [5, 5.41) is 0. The van der Waals surface area contributed by atoms with Gasteiger partial charge in [-0.15, -0.1) is 0 Å². The minimum absolute atomic E-state index is 0.00436. The first-order valence-electron chi connectivity index (χ1n) is 6.77. The highest BCUT2D eigenvalue weighted by molar-refractivity contribution is 6.62. The van der Waals surface area contributed by atoms with Gasteiger partial charge in [-0.05, 0) is 45.3 Å². The normalized spacial score (nSPS) is 29.0. The van der Waals surface area contributed by atoms with Crippen molar-refractivity contribution in [2.24, 2.45) is 0 Å². The smallest absolute Gasteiger partial charge is 0.423 e. The van der Waals surface area contributed by atoms with E-state index >= 15 is 0 Å². The Morgan fingerprint density at radius 2 is 1.52 bits per heavy atom. The van der Waals surface area contributed by atoms with Crippen molar-refractivity contribution < 1.29 is 27.6 Å². The van der Waals surface area contributed by atoms with Gasteiger partial charge in [0.1, 0.15) is 0 Å². The van der Waals surface area contributed by atoms with Crippen LogP contribution in [0.15, 0.2) is 12.1 Å². The molecule has 0 amide bonds. The van der Waals surface area contributed by atoms with Gasteiger partial charge in [-0.2, -0.15) is 4.39 Å². The number of alkyl halides is 1. The van der Waals surface area contributed by atoms with E-state index in [1.54, 1.807) is 0 Å². The van der Waals surface area contributed by atoms with Gasteiger partial charge >= 0.3 is 13.2 Å². The number of benzene rings is 1. The van der Waals surface area contributed by atoms with Crippen LogP contribution >= 0.6 is 0 Å². The Morgan fingerprint density at radius 3 is 2.10 bits per heavy atom. The van der Waals surface area contributed by atoms with Gasteiger partial charge in [-0.1, -0.05) is 0 Å². The van der Waals surface area contributed by atoms with Gasteiger partial charge in [0, 0.05) is 6.92 Å². The van der Waals surface area contributed by atoms with Crippen LogP contribution in [-0.4, -0.2) is 24.4 Å². The van der Waals surface area contributed by atoms with E-state index in [1.165, 1.54) is 12.1 Å². The van der Waals surface area contributed by atoms with Crippen molar-refractivity contribution in [2.75, 3.05) is 0 Å². The lowest BCUT2D eigenvalue weighted by Gasteiger charge is -2.32. The molecule has 1 aromatic rings. The van der Waals surface area contributed by atoms with E-state index < -0.39 is 30.2 Å². The Bertz CT molecular complexity index is 585. The van der Waals surface area contributed by atoms with E-state index in [2.05, 4.69) is 0 Å². The second-order valence-electron chi connectivity index (χ2n) is 6.46.